The first kappa shape index (κ1) is 25.9. The maximum Gasteiger partial charge on any atom is 0.328 e. The van der Waals surface area contributed by atoms with Gasteiger partial charge in [0.25, 0.3) is 0 Å². The van der Waals surface area contributed by atoms with E-state index in [4.69, 9.17) is 18.9 Å². The van der Waals surface area contributed by atoms with Crippen LogP contribution in [0, 0.1) is 11.8 Å². The average molecular weight is 465 g/mol. The second-order valence-electron chi connectivity index (χ2n) is 9.52. The Kier molecular flexibility index (Phi) is 10.4. The molecule has 2 heterocycles. The van der Waals surface area contributed by atoms with Gasteiger partial charge < -0.3 is 24.1 Å². The summed E-state index contributed by atoms with van der Waals surface area (Å²) in [6, 6.07) is 0. The van der Waals surface area contributed by atoms with Crippen LogP contribution in [0.5, 0.6) is 0 Å². The Morgan fingerprint density at radius 3 is 2.45 bits per heavy atom. The molecule has 0 aromatic carbocycles. The SMILES string of the molecule is CCCCC(C)C/C=C(/OC1CCCCO1)[C@@H]1C(=CC(=O)O)C(=O)C[C@H]1OC1CCCCO1. The fourth-order valence-electron chi connectivity index (χ4n) is 4.76. The van der Waals surface area contributed by atoms with Crippen LogP contribution in [0.1, 0.15) is 84.5 Å². The lowest BCUT2D eigenvalue weighted by Crippen LogP contribution is -2.33. The van der Waals surface area contributed by atoms with Crippen LogP contribution in [0.15, 0.2) is 23.5 Å². The standard InChI is InChI=1S/C26H40O7/c1-3-4-9-18(2)12-13-21(32-24-10-5-7-14-30-24)26-19(16-23(28)29)20(27)17-22(26)33-25-11-6-8-15-31-25/h13,16,18,22,24-26H,3-12,14-15,17H2,1-2H3,(H,28,29)/b19-16?,21-13+/t18?,22-,24?,25?,26+/m1/s1. The molecule has 0 aromatic rings. The summed E-state index contributed by atoms with van der Waals surface area (Å²) in [5.41, 5.74) is 0.242. The number of ketones is 1. The third kappa shape index (κ3) is 7.94. The van der Waals surface area contributed by atoms with Crippen LogP contribution >= 0.6 is 0 Å². The van der Waals surface area contributed by atoms with Gasteiger partial charge in [-0.25, -0.2) is 4.79 Å². The van der Waals surface area contributed by atoms with E-state index < -0.39 is 18.0 Å². The molecule has 1 aliphatic carbocycles. The number of hydrogen-bond acceptors (Lipinski definition) is 6. The number of carbonyl (C=O) groups excluding carboxylic acids is 1. The molecule has 0 radical (unpaired) electrons. The first-order valence-electron chi connectivity index (χ1n) is 12.7. The second-order valence-corrected chi connectivity index (χ2v) is 9.52. The number of ether oxygens (including phenoxy) is 4. The summed E-state index contributed by atoms with van der Waals surface area (Å²) >= 11 is 0. The number of unbranched alkanes of at least 4 members (excludes halogenated alkanes) is 1. The third-order valence-electron chi connectivity index (χ3n) is 6.64. The Labute approximate surface area is 197 Å². The van der Waals surface area contributed by atoms with Crippen LogP contribution in [-0.2, 0) is 28.5 Å². The van der Waals surface area contributed by atoms with Gasteiger partial charge in [-0.1, -0.05) is 33.1 Å². The molecule has 3 rings (SSSR count). The molecule has 1 N–H and O–H groups in total. The Hall–Kier alpha value is -1.70. The van der Waals surface area contributed by atoms with Crippen molar-refractivity contribution < 1.29 is 33.6 Å². The summed E-state index contributed by atoms with van der Waals surface area (Å²) in [4.78, 5) is 24.4. The van der Waals surface area contributed by atoms with E-state index in [0.717, 1.165) is 70.3 Å². The highest BCUT2D eigenvalue weighted by molar-refractivity contribution is 6.03. The predicted octanol–water partition coefficient (Wildman–Crippen LogP) is 5.14. The predicted molar refractivity (Wildman–Crippen MR) is 123 cm³/mol. The van der Waals surface area contributed by atoms with Gasteiger partial charge in [0, 0.05) is 31.1 Å². The van der Waals surface area contributed by atoms with Crippen molar-refractivity contribution in [3.8, 4) is 0 Å². The molecule has 3 aliphatic rings. The largest absolute Gasteiger partial charge is 0.478 e. The number of allylic oxidation sites excluding steroid dienone is 1. The number of carbonyl (C=O) groups is 2. The Balaban J connectivity index is 1.87. The van der Waals surface area contributed by atoms with Gasteiger partial charge in [0.1, 0.15) is 5.76 Å². The Morgan fingerprint density at radius 2 is 1.85 bits per heavy atom. The summed E-state index contributed by atoms with van der Waals surface area (Å²) in [7, 11) is 0. The average Bonchev–Trinajstić information content (AvgIpc) is 3.10. The lowest BCUT2D eigenvalue weighted by Gasteiger charge is -2.32. The van der Waals surface area contributed by atoms with Crippen LogP contribution in [0.3, 0.4) is 0 Å². The molecule has 7 nitrogen and oxygen atoms in total. The van der Waals surface area contributed by atoms with Crippen molar-refractivity contribution >= 4 is 11.8 Å². The zero-order valence-corrected chi connectivity index (χ0v) is 20.1. The van der Waals surface area contributed by atoms with Crippen molar-refractivity contribution in [2.24, 2.45) is 11.8 Å². The summed E-state index contributed by atoms with van der Waals surface area (Å²) in [5, 5.41) is 9.46. The van der Waals surface area contributed by atoms with Gasteiger partial charge in [0.15, 0.2) is 18.4 Å². The monoisotopic (exact) mass is 464 g/mol. The quantitative estimate of drug-likeness (QED) is 0.334. The lowest BCUT2D eigenvalue weighted by atomic mass is 9.94. The normalized spacial score (nSPS) is 31.0. The van der Waals surface area contributed by atoms with Crippen molar-refractivity contribution in [3.05, 3.63) is 23.5 Å². The van der Waals surface area contributed by atoms with Crippen LogP contribution in [-0.4, -0.2) is 48.8 Å². The maximum absolute atomic E-state index is 12.9. The van der Waals surface area contributed by atoms with Crippen molar-refractivity contribution in [1.29, 1.82) is 0 Å². The van der Waals surface area contributed by atoms with E-state index in [1.54, 1.807) is 0 Å². The molecule has 3 fully saturated rings. The van der Waals surface area contributed by atoms with E-state index in [1.165, 1.54) is 0 Å². The van der Waals surface area contributed by atoms with Crippen molar-refractivity contribution in [3.63, 3.8) is 0 Å². The topological polar surface area (TPSA) is 91.3 Å². The zero-order chi connectivity index (χ0) is 23.6. The lowest BCUT2D eigenvalue weighted by molar-refractivity contribution is -0.197. The number of rotatable bonds is 11. The van der Waals surface area contributed by atoms with E-state index in [2.05, 4.69) is 13.8 Å². The molecular weight excluding hydrogens is 424 g/mol. The minimum Gasteiger partial charge on any atom is -0.478 e. The molecule has 2 saturated heterocycles. The van der Waals surface area contributed by atoms with Gasteiger partial charge in [-0.3, -0.25) is 4.79 Å². The highest BCUT2D eigenvalue weighted by Gasteiger charge is 2.44. The van der Waals surface area contributed by atoms with Crippen molar-refractivity contribution in [2.75, 3.05) is 13.2 Å². The van der Waals surface area contributed by atoms with Gasteiger partial charge in [-0.05, 0) is 50.5 Å². The van der Waals surface area contributed by atoms with Gasteiger partial charge in [-0.2, -0.15) is 0 Å². The van der Waals surface area contributed by atoms with Gasteiger partial charge >= 0.3 is 5.97 Å². The highest BCUT2D eigenvalue weighted by atomic mass is 16.7. The minimum atomic E-state index is -1.14. The molecule has 0 spiro atoms. The fourth-order valence-corrected chi connectivity index (χ4v) is 4.76. The van der Waals surface area contributed by atoms with E-state index in [0.29, 0.717) is 24.9 Å². The minimum absolute atomic E-state index is 0.126. The van der Waals surface area contributed by atoms with E-state index >= 15 is 0 Å². The molecule has 1 saturated carbocycles. The molecule has 5 atom stereocenters. The smallest absolute Gasteiger partial charge is 0.328 e. The summed E-state index contributed by atoms with van der Waals surface area (Å²) in [6.45, 7) is 5.67. The first-order chi connectivity index (χ1) is 16.0. The van der Waals surface area contributed by atoms with E-state index in [9.17, 15) is 14.7 Å². The third-order valence-corrected chi connectivity index (χ3v) is 6.64. The molecular formula is C26H40O7. The molecule has 3 unspecified atom stereocenters. The zero-order valence-electron chi connectivity index (χ0n) is 20.1. The van der Waals surface area contributed by atoms with Gasteiger partial charge in [-0.15, -0.1) is 0 Å². The summed E-state index contributed by atoms with van der Waals surface area (Å²) in [5.74, 6) is -0.850. The van der Waals surface area contributed by atoms with Crippen LogP contribution in [0.2, 0.25) is 0 Å². The summed E-state index contributed by atoms with van der Waals surface area (Å²) < 4.78 is 24.2. The number of Topliss-reactive ketones (excluding diaryl/α,β-unsaturated/α-hetero) is 1. The molecule has 2 aliphatic heterocycles. The molecule has 186 valence electrons. The van der Waals surface area contributed by atoms with Crippen LogP contribution in [0.25, 0.3) is 0 Å². The molecule has 33 heavy (non-hydrogen) atoms. The molecule has 0 bridgehead atoms. The highest BCUT2D eigenvalue weighted by Crippen LogP contribution is 2.40. The Morgan fingerprint density at radius 1 is 1.15 bits per heavy atom. The fraction of sp³-hybridized carbons (Fsp3) is 0.769. The van der Waals surface area contributed by atoms with E-state index in [1.807, 2.05) is 6.08 Å². The first-order valence-corrected chi connectivity index (χ1v) is 12.7. The van der Waals surface area contributed by atoms with Crippen molar-refractivity contribution in [2.45, 2.75) is 103 Å². The number of hydrogen-bond donors (Lipinski definition) is 1. The van der Waals surface area contributed by atoms with Gasteiger partial charge in [0.2, 0.25) is 0 Å². The number of carboxylic acid groups (broad SMARTS) is 1. The van der Waals surface area contributed by atoms with Crippen LogP contribution in [0.4, 0.5) is 0 Å². The number of carboxylic acids is 1. The molecule has 0 aromatic heterocycles. The second kappa shape index (κ2) is 13.3. The molecule has 0 amide bonds. The van der Waals surface area contributed by atoms with Crippen molar-refractivity contribution in [1.82, 2.24) is 0 Å². The summed E-state index contributed by atoms with van der Waals surface area (Å²) in [6.07, 6.45) is 11.7. The maximum atomic E-state index is 12.9. The molecule has 7 heteroatoms. The van der Waals surface area contributed by atoms with E-state index in [-0.39, 0.29) is 30.4 Å². The Bertz CT molecular complexity index is 701. The number of aliphatic carboxylic acids is 1. The van der Waals surface area contributed by atoms with Crippen LogP contribution < -0.4 is 0 Å². The van der Waals surface area contributed by atoms with Gasteiger partial charge in [0.05, 0.1) is 18.6 Å².